The van der Waals surface area contributed by atoms with Crippen LogP contribution in [0.3, 0.4) is 0 Å². The van der Waals surface area contributed by atoms with E-state index < -0.39 is 16.0 Å². The zero-order valence-electron chi connectivity index (χ0n) is 7.50. The fourth-order valence-electron chi connectivity index (χ4n) is 2.91. The number of rotatable bonds is 2. The molecular weight excluding hydrogens is 214 g/mol. The molecule has 0 heterocycles. The summed E-state index contributed by atoms with van der Waals surface area (Å²) in [5.41, 5.74) is -0.334. The minimum absolute atomic E-state index is 0.130. The summed E-state index contributed by atoms with van der Waals surface area (Å²) in [5.74, 6) is -3.13. The molecule has 14 heavy (non-hydrogen) atoms. The van der Waals surface area contributed by atoms with Gasteiger partial charge in [0.25, 0.3) is 0 Å². The molecule has 0 N–H and O–H groups in total. The average Bonchev–Trinajstić information content (AvgIpc) is 1.74. The molecule has 0 aliphatic heterocycles. The summed E-state index contributed by atoms with van der Waals surface area (Å²) in [4.78, 5) is 0. The van der Waals surface area contributed by atoms with Gasteiger partial charge < -0.3 is 4.55 Å². The standard InChI is InChI=1S/C8H12F2O3S/c9-8(10)4-7(5-8)1-6(2-7)3-14(11,12)13/h6H,1-5H2,(H,11,12,13)/p-1. The van der Waals surface area contributed by atoms with Crippen molar-refractivity contribution in [1.29, 1.82) is 0 Å². The largest absolute Gasteiger partial charge is 0.748 e. The van der Waals surface area contributed by atoms with Gasteiger partial charge in [-0.3, -0.25) is 0 Å². The first-order valence-electron chi connectivity index (χ1n) is 4.51. The molecule has 2 aliphatic rings. The molecule has 3 nitrogen and oxygen atoms in total. The third-order valence-electron chi connectivity index (χ3n) is 3.15. The maximum absolute atomic E-state index is 12.5. The van der Waals surface area contributed by atoms with Crippen molar-refractivity contribution in [1.82, 2.24) is 0 Å². The van der Waals surface area contributed by atoms with Gasteiger partial charge in [0.2, 0.25) is 5.92 Å². The molecule has 1 spiro atoms. The molecule has 2 aliphatic carbocycles. The van der Waals surface area contributed by atoms with E-state index in [4.69, 9.17) is 0 Å². The lowest BCUT2D eigenvalue weighted by Gasteiger charge is -2.57. The molecule has 0 radical (unpaired) electrons. The van der Waals surface area contributed by atoms with Crippen LogP contribution in [-0.2, 0) is 10.1 Å². The maximum Gasteiger partial charge on any atom is 0.249 e. The Morgan fingerprint density at radius 1 is 1.29 bits per heavy atom. The second kappa shape index (κ2) is 2.66. The van der Waals surface area contributed by atoms with E-state index >= 15 is 0 Å². The van der Waals surface area contributed by atoms with Crippen LogP contribution in [0.25, 0.3) is 0 Å². The summed E-state index contributed by atoms with van der Waals surface area (Å²) in [6.07, 6.45) is 0.693. The van der Waals surface area contributed by atoms with Crippen molar-refractivity contribution in [3.8, 4) is 0 Å². The Morgan fingerprint density at radius 3 is 2.14 bits per heavy atom. The second-order valence-electron chi connectivity index (χ2n) is 4.71. The number of hydrogen-bond acceptors (Lipinski definition) is 3. The van der Waals surface area contributed by atoms with E-state index in [2.05, 4.69) is 0 Å². The molecular formula is C8H11F2O3S-. The molecule has 2 saturated carbocycles. The lowest BCUT2D eigenvalue weighted by molar-refractivity contribution is -0.203. The van der Waals surface area contributed by atoms with E-state index in [0.717, 1.165) is 0 Å². The van der Waals surface area contributed by atoms with Gasteiger partial charge in [0.1, 0.15) is 0 Å². The number of hydrogen-bond donors (Lipinski definition) is 0. The molecule has 0 unspecified atom stereocenters. The van der Waals surface area contributed by atoms with Gasteiger partial charge in [-0.15, -0.1) is 0 Å². The van der Waals surface area contributed by atoms with E-state index in [1.165, 1.54) is 0 Å². The van der Waals surface area contributed by atoms with Gasteiger partial charge in [-0.1, -0.05) is 0 Å². The summed E-state index contributed by atoms with van der Waals surface area (Å²) in [6, 6.07) is 0. The van der Waals surface area contributed by atoms with Crippen LogP contribution in [0.1, 0.15) is 25.7 Å². The van der Waals surface area contributed by atoms with Crippen molar-refractivity contribution in [2.45, 2.75) is 31.6 Å². The van der Waals surface area contributed by atoms with Crippen molar-refractivity contribution in [3.63, 3.8) is 0 Å². The minimum Gasteiger partial charge on any atom is -0.748 e. The molecule has 0 aromatic heterocycles. The summed E-state index contributed by atoms with van der Waals surface area (Å²) in [7, 11) is -4.18. The molecule has 2 rings (SSSR count). The van der Waals surface area contributed by atoms with Crippen molar-refractivity contribution >= 4 is 10.1 Å². The third kappa shape index (κ3) is 1.91. The van der Waals surface area contributed by atoms with Crippen LogP contribution < -0.4 is 0 Å². The summed E-state index contributed by atoms with van der Waals surface area (Å²) >= 11 is 0. The van der Waals surface area contributed by atoms with Gasteiger partial charge in [0, 0.05) is 18.6 Å². The number of alkyl halides is 2. The van der Waals surface area contributed by atoms with Gasteiger partial charge in [-0.2, -0.15) is 0 Å². The summed E-state index contributed by atoms with van der Waals surface area (Å²) in [5, 5.41) is 0. The Hall–Kier alpha value is -0.230. The Kier molecular flexibility index (Phi) is 1.96. The fraction of sp³-hybridized carbons (Fsp3) is 1.00. The van der Waals surface area contributed by atoms with E-state index in [1.807, 2.05) is 0 Å². The van der Waals surface area contributed by atoms with E-state index in [9.17, 15) is 21.8 Å². The molecule has 0 atom stereocenters. The van der Waals surface area contributed by atoms with Crippen molar-refractivity contribution in [2.24, 2.45) is 11.3 Å². The molecule has 0 saturated heterocycles. The van der Waals surface area contributed by atoms with Gasteiger partial charge in [0.15, 0.2) is 0 Å². The van der Waals surface area contributed by atoms with Crippen LogP contribution >= 0.6 is 0 Å². The van der Waals surface area contributed by atoms with Crippen LogP contribution in [0.4, 0.5) is 8.78 Å². The topological polar surface area (TPSA) is 57.2 Å². The smallest absolute Gasteiger partial charge is 0.249 e. The lowest BCUT2D eigenvalue weighted by atomic mass is 9.51. The maximum atomic E-state index is 12.5. The van der Waals surface area contributed by atoms with Gasteiger partial charge in [-0.25, -0.2) is 17.2 Å². The van der Waals surface area contributed by atoms with E-state index in [1.54, 1.807) is 0 Å². The quantitative estimate of drug-likeness (QED) is 0.667. The third-order valence-corrected chi connectivity index (χ3v) is 4.03. The molecule has 0 aromatic carbocycles. The lowest BCUT2D eigenvalue weighted by Crippen LogP contribution is -2.54. The highest BCUT2D eigenvalue weighted by Gasteiger charge is 2.61. The normalized spacial score (nSPS) is 29.6. The van der Waals surface area contributed by atoms with E-state index in [-0.39, 0.29) is 29.9 Å². The first-order chi connectivity index (χ1) is 6.20. The summed E-state index contributed by atoms with van der Waals surface area (Å²) in [6.45, 7) is 0. The Labute approximate surface area is 81.2 Å². The highest BCUT2D eigenvalue weighted by atomic mass is 32.2. The fourth-order valence-corrected chi connectivity index (χ4v) is 3.72. The van der Waals surface area contributed by atoms with Crippen LogP contribution in [0.15, 0.2) is 0 Å². The van der Waals surface area contributed by atoms with Crippen molar-refractivity contribution < 1.29 is 21.8 Å². The van der Waals surface area contributed by atoms with E-state index in [0.29, 0.717) is 12.8 Å². The highest BCUT2D eigenvalue weighted by Crippen LogP contribution is 2.64. The molecule has 0 aromatic rings. The van der Waals surface area contributed by atoms with Crippen LogP contribution in [0.5, 0.6) is 0 Å². The second-order valence-corrected chi connectivity index (χ2v) is 6.16. The number of halogens is 2. The Morgan fingerprint density at radius 2 is 1.79 bits per heavy atom. The predicted octanol–water partition coefficient (Wildman–Crippen LogP) is 1.36. The SMILES string of the molecule is O=S(=O)([O-])CC1CC2(C1)CC(F)(F)C2. The Bertz CT molecular complexity index is 334. The Balaban J connectivity index is 1.82. The molecule has 6 heteroatoms. The zero-order valence-corrected chi connectivity index (χ0v) is 8.32. The van der Waals surface area contributed by atoms with Crippen LogP contribution in [-0.4, -0.2) is 24.6 Å². The van der Waals surface area contributed by atoms with Gasteiger partial charge in [-0.05, 0) is 24.2 Å². The van der Waals surface area contributed by atoms with Gasteiger partial charge in [0.05, 0.1) is 10.1 Å². The molecule has 0 amide bonds. The zero-order chi connectivity index (χ0) is 10.6. The molecule has 82 valence electrons. The predicted molar refractivity (Wildman–Crippen MR) is 43.9 cm³/mol. The van der Waals surface area contributed by atoms with Crippen molar-refractivity contribution in [3.05, 3.63) is 0 Å². The molecule has 0 bridgehead atoms. The van der Waals surface area contributed by atoms with Crippen LogP contribution in [0.2, 0.25) is 0 Å². The van der Waals surface area contributed by atoms with Crippen LogP contribution in [0, 0.1) is 11.3 Å². The average molecular weight is 225 g/mol. The molecule has 2 fully saturated rings. The minimum atomic E-state index is -4.18. The van der Waals surface area contributed by atoms with Crippen molar-refractivity contribution in [2.75, 3.05) is 5.75 Å². The first-order valence-corrected chi connectivity index (χ1v) is 6.09. The monoisotopic (exact) mass is 225 g/mol. The summed E-state index contributed by atoms with van der Waals surface area (Å²) < 4.78 is 56.2. The first kappa shape index (κ1) is 10.3. The van der Waals surface area contributed by atoms with Gasteiger partial charge >= 0.3 is 0 Å². The highest BCUT2D eigenvalue weighted by molar-refractivity contribution is 7.85.